The molecule has 1 saturated heterocycles. The first kappa shape index (κ1) is 15.2. The summed E-state index contributed by atoms with van der Waals surface area (Å²) in [5.74, 6) is 0.111. The van der Waals surface area contributed by atoms with Gasteiger partial charge in [0.05, 0.1) is 18.2 Å². The Morgan fingerprint density at radius 3 is 2.64 bits per heavy atom. The number of cyclic esters (lactones) is 1. The molecule has 0 aliphatic carbocycles. The average Bonchev–Trinajstić information content (AvgIpc) is 3.08. The highest BCUT2D eigenvalue weighted by atomic mass is 32.1. The molecule has 0 unspecified atom stereocenters. The summed E-state index contributed by atoms with van der Waals surface area (Å²) in [5.41, 5.74) is 0.111. The van der Waals surface area contributed by atoms with Crippen molar-refractivity contribution < 1.29 is 14.3 Å². The first-order valence-corrected chi connectivity index (χ1v) is 8.21. The number of aliphatic imine (C=N–C) groups is 1. The summed E-state index contributed by atoms with van der Waals surface area (Å²) in [4.78, 5) is 19.6. The van der Waals surface area contributed by atoms with Crippen LogP contribution in [0.25, 0.3) is 6.08 Å². The molecule has 22 heavy (non-hydrogen) atoms. The Morgan fingerprint density at radius 1 is 1.27 bits per heavy atom. The Kier molecular flexibility index (Phi) is 4.06. The second-order valence-corrected chi connectivity index (χ2v) is 7.46. The van der Waals surface area contributed by atoms with E-state index in [4.69, 9.17) is 9.47 Å². The van der Waals surface area contributed by atoms with E-state index >= 15 is 0 Å². The van der Waals surface area contributed by atoms with Crippen LogP contribution in [-0.2, 0) is 14.3 Å². The molecule has 2 aliphatic heterocycles. The van der Waals surface area contributed by atoms with Crippen molar-refractivity contribution in [1.82, 2.24) is 0 Å². The van der Waals surface area contributed by atoms with E-state index in [2.05, 4.69) is 16.0 Å². The molecular formula is C16H20N2O3S. The van der Waals surface area contributed by atoms with Gasteiger partial charge in [-0.2, -0.15) is 0 Å². The van der Waals surface area contributed by atoms with Crippen LogP contribution in [0.4, 0.5) is 5.00 Å². The molecular weight excluding hydrogens is 300 g/mol. The number of rotatable bonds is 2. The van der Waals surface area contributed by atoms with Gasteiger partial charge in [0.15, 0.2) is 5.70 Å². The van der Waals surface area contributed by atoms with Gasteiger partial charge in [-0.25, -0.2) is 9.79 Å². The smallest absolute Gasteiger partial charge is 0.363 e. The molecule has 0 saturated carbocycles. The van der Waals surface area contributed by atoms with Crippen LogP contribution in [0.3, 0.4) is 0 Å². The Hall–Kier alpha value is -1.66. The molecule has 3 heterocycles. The van der Waals surface area contributed by atoms with Crippen LogP contribution in [-0.4, -0.2) is 38.2 Å². The van der Waals surface area contributed by atoms with Gasteiger partial charge in [-0.05, 0) is 18.2 Å². The quantitative estimate of drug-likeness (QED) is 0.621. The minimum atomic E-state index is -0.369. The number of morpholine rings is 1. The lowest BCUT2D eigenvalue weighted by Gasteiger charge is -2.27. The second kappa shape index (κ2) is 5.85. The maximum atomic E-state index is 11.9. The molecule has 1 aromatic rings. The monoisotopic (exact) mass is 320 g/mol. The number of esters is 1. The van der Waals surface area contributed by atoms with Crippen molar-refractivity contribution in [1.29, 1.82) is 0 Å². The van der Waals surface area contributed by atoms with Crippen molar-refractivity contribution in [2.75, 3.05) is 31.2 Å². The van der Waals surface area contributed by atoms with E-state index in [0.29, 0.717) is 11.6 Å². The van der Waals surface area contributed by atoms with Crippen molar-refractivity contribution in [3.63, 3.8) is 0 Å². The normalized spacial score (nSPS) is 21.2. The maximum absolute atomic E-state index is 11.9. The summed E-state index contributed by atoms with van der Waals surface area (Å²) in [5, 5.41) is 1.20. The number of carbonyl (C=O) groups is 1. The molecule has 1 fully saturated rings. The van der Waals surface area contributed by atoms with Gasteiger partial charge in [0.25, 0.3) is 0 Å². The zero-order chi connectivity index (χ0) is 15.7. The Morgan fingerprint density at radius 2 is 2.00 bits per heavy atom. The van der Waals surface area contributed by atoms with E-state index in [-0.39, 0.29) is 11.4 Å². The number of hydrogen-bond acceptors (Lipinski definition) is 6. The summed E-state index contributed by atoms with van der Waals surface area (Å²) in [6.07, 6.45) is 1.80. The van der Waals surface area contributed by atoms with Gasteiger partial charge in [-0.15, -0.1) is 11.3 Å². The van der Waals surface area contributed by atoms with Crippen LogP contribution in [0.2, 0.25) is 0 Å². The van der Waals surface area contributed by atoms with Gasteiger partial charge in [-0.1, -0.05) is 20.8 Å². The summed E-state index contributed by atoms with van der Waals surface area (Å²) in [6, 6.07) is 4.09. The highest BCUT2D eigenvalue weighted by Crippen LogP contribution is 2.30. The molecule has 5 nitrogen and oxygen atoms in total. The molecule has 118 valence electrons. The van der Waals surface area contributed by atoms with Gasteiger partial charge in [0.2, 0.25) is 5.90 Å². The summed E-state index contributed by atoms with van der Waals surface area (Å²) in [7, 11) is 0. The molecule has 0 amide bonds. The zero-order valence-electron chi connectivity index (χ0n) is 13.1. The fourth-order valence-electron chi connectivity index (χ4n) is 2.24. The van der Waals surface area contributed by atoms with Crippen LogP contribution in [0.15, 0.2) is 22.8 Å². The van der Waals surface area contributed by atoms with Crippen LogP contribution in [0.1, 0.15) is 25.6 Å². The molecule has 1 aromatic heterocycles. The Labute approximate surface area is 134 Å². The second-order valence-electron chi connectivity index (χ2n) is 6.36. The first-order chi connectivity index (χ1) is 10.4. The predicted octanol–water partition coefficient (Wildman–Crippen LogP) is 2.93. The van der Waals surface area contributed by atoms with Crippen LogP contribution in [0.5, 0.6) is 0 Å². The number of hydrogen-bond donors (Lipinski definition) is 0. The van der Waals surface area contributed by atoms with Crippen molar-refractivity contribution in [2.24, 2.45) is 10.4 Å². The topological polar surface area (TPSA) is 51.1 Å². The van der Waals surface area contributed by atoms with Gasteiger partial charge in [0.1, 0.15) is 0 Å². The minimum Gasteiger partial charge on any atom is -0.406 e. The molecule has 3 rings (SSSR count). The Balaban J connectivity index is 1.79. The van der Waals surface area contributed by atoms with Crippen molar-refractivity contribution in [3.8, 4) is 0 Å². The van der Waals surface area contributed by atoms with E-state index in [1.807, 2.05) is 26.8 Å². The van der Waals surface area contributed by atoms with E-state index < -0.39 is 0 Å². The van der Waals surface area contributed by atoms with Gasteiger partial charge in [0, 0.05) is 23.4 Å². The Bertz CT molecular complexity index is 634. The predicted molar refractivity (Wildman–Crippen MR) is 88.3 cm³/mol. The lowest BCUT2D eigenvalue weighted by Crippen LogP contribution is -2.35. The van der Waals surface area contributed by atoms with Crippen LogP contribution >= 0.6 is 11.3 Å². The van der Waals surface area contributed by atoms with E-state index in [1.165, 1.54) is 5.00 Å². The van der Waals surface area contributed by atoms with E-state index in [1.54, 1.807) is 17.4 Å². The third kappa shape index (κ3) is 3.23. The molecule has 0 N–H and O–H groups in total. The van der Waals surface area contributed by atoms with Crippen LogP contribution < -0.4 is 4.90 Å². The van der Waals surface area contributed by atoms with Crippen molar-refractivity contribution in [3.05, 3.63) is 22.7 Å². The molecule has 0 radical (unpaired) electrons. The standard InChI is InChI=1S/C16H20N2O3S/c1-16(2,3)15-17-12(14(19)21-15)10-11-4-5-13(22-11)18-6-8-20-9-7-18/h4-5,10H,6-9H2,1-3H3/b12-10+. The highest BCUT2D eigenvalue weighted by Gasteiger charge is 2.31. The highest BCUT2D eigenvalue weighted by molar-refractivity contribution is 7.16. The third-order valence-corrected chi connectivity index (χ3v) is 4.57. The van der Waals surface area contributed by atoms with Crippen molar-refractivity contribution in [2.45, 2.75) is 20.8 Å². The molecule has 0 bridgehead atoms. The fraction of sp³-hybridized carbons (Fsp3) is 0.500. The van der Waals surface area contributed by atoms with Crippen LogP contribution in [0, 0.1) is 5.41 Å². The maximum Gasteiger partial charge on any atom is 0.363 e. The van der Waals surface area contributed by atoms with Gasteiger partial charge >= 0.3 is 5.97 Å². The summed E-state index contributed by atoms with van der Waals surface area (Å²) >= 11 is 1.65. The fourth-order valence-corrected chi connectivity index (χ4v) is 3.23. The molecule has 6 heteroatoms. The summed E-state index contributed by atoms with van der Waals surface area (Å²) < 4.78 is 10.6. The molecule has 0 spiro atoms. The van der Waals surface area contributed by atoms with E-state index in [0.717, 1.165) is 31.2 Å². The van der Waals surface area contributed by atoms with Gasteiger partial charge in [-0.3, -0.25) is 0 Å². The summed E-state index contributed by atoms with van der Waals surface area (Å²) in [6.45, 7) is 9.27. The number of nitrogens with zero attached hydrogens (tertiary/aromatic N) is 2. The number of thiophene rings is 1. The molecule has 0 aromatic carbocycles. The number of carbonyl (C=O) groups excluding carboxylic acids is 1. The lowest BCUT2D eigenvalue weighted by molar-refractivity contribution is -0.130. The lowest BCUT2D eigenvalue weighted by atomic mass is 9.97. The number of ether oxygens (including phenoxy) is 2. The third-order valence-electron chi connectivity index (χ3n) is 3.48. The SMILES string of the molecule is CC(C)(C)C1=N/C(=C/c2ccc(N3CCOCC3)s2)C(=O)O1. The van der Waals surface area contributed by atoms with E-state index in [9.17, 15) is 4.79 Å². The number of anilines is 1. The molecule has 2 aliphatic rings. The first-order valence-electron chi connectivity index (χ1n) is 7.39. The average molecular weight is 320 g/mol. The molecule has 0 atom stereocenters. The minimum absolute atomic E-state index is 0.264. The largest absolute Gasteiger partial charge is 0.406 e. The van der Waals surface area contributed by atoms with Crippen molar-refractivity contribution >= 4 is 34.3 Å². The van der Waals surface area contributed by atoms with Gasteiger partial charge < -0.3 is 14.4 Å². The zero-order valence-corrected chi connectivity index (χ0v) is 13.9.